The first-order chi connectivity index (χ1) is 16.1. The summed E-state index contributed by atoms with van der Waals surface area (Å²) in [5, 5.41) is 10.5. The Morgan fingerprint density at radius 1 is 1.24 bits per heavy atom. The van der Waals surface area contributed by atoms with E-state index in [1.54, 1.807) is 37.3 Å². The van der Waals surface area contributed by atoms with Crippen molar-refractivity contribution in [3.05, 3.63) is 64.1 Å². The van der Waals surface area contributed by atoms with Crippen molar-refractivity contribution in [1.82, 2.24) is 24.4 Å². The van der Waals surface area contributed by atoms with Gasteiger partial charge in [0.1, 0.15) is 5.56 Å². The van der Waals surface area contributed by atoms with Crippen molar-refractivity contribution in [2.75, 3.05) is 11.9 Å². The lowest BCUT2D eigenvalue weighted by Gasteiger charge is -2.09. The summed E-state index contributed by atoms with van der Waals surface area (Å²) in [6.07, 6.45) is -1.83. The van der Waals surface area contributed by atoms with Gasteiger partial charge in [-0.25, -0.2) is 14.3 Å². The van der Waals surface area contributed by atoms with Crippen LogP contribution in [0.3, 0.4) is 0 Å². The first-order valence-corrected chi connectivity index (χ1v) is 10.6. The third kappa shape index (κ3) is 4.25. The Morgan fingerprint density at radius 2 is 2.00 bits per heavy atom. The molecule has 3 heterocycles. The summed E-state index contributed by atoms with van der Waals surface area (Å²) < 4.78 is 46.3. The van der Waals surface area contributed by atoms with Crippen LogP contribution in [0.5, 0.6) is 0 Å². The average molecular weight is 537 g/mol. The van der Waals surface area contributed by atoms with Crippen molar-refractivity contribution in [3.63, 3.8) is 0 Å². The number of carbonyl (C=O) groups excluding carboxylic acids is 2. The number of ether oxygens (including phenoxy) is 1. The molecule has 0 atom stereocenters. The number of rotatable bonds is 5. The summed E-state index contributed by atoms with van der Waals surface area (Å²) in [6, 6.07) is 8.26. The van der Waals surface area contributed by atoms with E-state index in [-0.39, 0.29) is 12.2 Å². The highest BCUT2D eigenvalue weighted by molar-refractivity contribution is 9.10. The number of amides is 1. The molecule has 0 fully saturated rings. The number of alkyl halides is 3. The molecule has 0 radical (unpaired) electrons. The van der Waals surface area contributed by atoms with Gasteiger partial charge in [-0.15, -0.1) is 0 Å². The minimum atomic E-state index is -4.68. The number of aryl methyl sites for hydroxylation is 1. The highest BCUT2D eigenvalue weighted by Crippen LogP contribution is 2.36. The second-order valence-corrected chi connectivity index (χ2v) is 7.80. The number of nitrogens with one attached hydrogen (secondary N) is 1. The largest absolute Gasteiger partial charge is 0.462 e. The van der Waals surface area contributed by atoms with Crippen LogP contribution in [0.25, 0.3) is 16.9 Å². The highest BCUT2D eigenvalue weighted by atomic mass is 79.9. The van der Waals surface area contributed by atoms with Gasteiger partial charge in [-0.05, 0) is 41.1 Å². The van der Waals surface area contributed by atoms with Gasteiger partial charge in [-0.1, -0.05) is 12.1 Å². The van der Waals surface area contributed by atoms with E-state index in [9.17, 15) is 22.8 Å². The molecule has 1 amide bonds. The van der Waals surface area contributed by atoms with E-state index < -0.39 is 33.9 Å². The predicted molar refractivity (Wildman–Crippen MR) is 118 cm³/mol. The second-order valence-electron chi connectivity index (χ2n) is 7.01. The molecule has 9 nitrogen and oxygen atoms in total. The fourth-order valence-corrected chi connectivity index (χ4v) is 4.10. The lowest BCUT2D eigenvalue weighted by Crippen LogP contribution is -2.13. The third-order valence-electron chi connectivity index (χ3n) is 4.79. The van der Waals surface area contributed by atoms with Crippen LogP contribution in [-0.2, 0) is 18.0 Å². The number of aromatic nitrogens is 5. The fourth-order valence-electron chi connectivity index (χ4n) is 3.36. The van der Waals surface area contributed by atoms with E-state index >= 15 is 0 Å². The quantitative estimate of drug-likeness (QED) is 0.380. The van der Waals surface area contributed by atoms with Crippen LogP contribution in [0.15, 0.2) is 47.2 Å². The molecule has 0 spiro atoms. The predicted octanol–water partition coefficient (Wildman–Crippen LogP) is 4.34. The molecule has 0 unspecified atom stereocenters. The molecular formula is C21H16BrF3N6O3. The molecule has 0 aliphatic heterocycles. The molecule has 34 heavy (non-hydrogen) atoms. The molecule has 13 heteroatoms. The van der Waals surface area contributed by atoms with E-state index in [4.69, 9.17) is 4.74 Å². The Balaban J connectivity index is 1.66. The van der Waals surface area contributed by atoms with Gasteiger partial charge in [0, 0.05) is 24.5 Å². The fraction of sp³-hybridized carbons (Fsp3) is 0.190. The maximum atomic E-state index is 13.2. The van der Waals surface area contributed by atoms with Crippen molar-refractivity contribution in [1.29, 1.82) is 0 Å². The monoisotopic (exact) mass is 536 g/mol. The molecule has 1 aromatic carbocycles. The van der Waals surface area contributed by atoms with Crippen LogP contribution >= 0.6 is 15.9 Å². The van der Waals surface area contributed by atoms with Gasteiger partial charge in [0.2, 0.25) is 0 Å². The summed E-state index contributed by atoms with van der Waals surface area (Å²) in [6.45, 7) is 1.89. The molecule has 0 saturated heterocycles. The molecule has 4 rings (SSSR count). The number of hydrogen-bond donors (Lipinski definition) is 1. The summed E-state index contributed by atoms with van der Waals surface area (Å²) in [5.74, 6) is -1.37. The van der Waals surface area contributed by atoms with Gasteiger partial charge < -0.3 is 10.1 Å². The number of fused-ring (bicyclic) bond motifs is 1. The molecule has 176 valence electrons. The Hall–Kier alpha value is -3.74. The van der Waals surface area contributed by atoms with Crippen molar-refractivity contribution >= 4 is 39.1 Å². The number of esters is 1. The number of hydrogen-bond acceptors (Lipinski definition) is 6. The van der Waals surface area contributed by atoms with Gasteiger partial charge in [-0.3, -0.25) is 9.48 Å². The summed E-state index contributed by atoms with van der Waals surface area (Å²) in [7, 11) is 1.11. The van der Waals surface area contributed by atoms with Gasteiger partial charge >= 0.3 is 12.1 Å². The van der Waals surface area contributed by atoms with E-state index in [1.165, 1.54) is 16.9 Å². The van der Waals surface area contributed by atoms with Crippen molar-refractivity contribution in [2.45, 2.75) is 13.1 Å². The van der Waals surface area contributed by atoms with Crippen LogP contribution in [0.2, 0.25) is 0 Å². The summed E-state index contributed by atoms with van der Waals surface area (Å²) >= 11 is 2.83. The molecule has 0 saturated carbocycles. The van der Waals surface area contributed by atoms with Crippen molar-refractivity contribution < 1.29 is 27.5 Å². The molecule has 0 bridgehead atoms. The molecular weight excluding hydrogens is 521 g/mol. The molecule has 0 aliphatic carbocycles. The first kappa shape index (κ1) is 23.4. The number of benzene rings is 1. The van der Waals surface area contributed by atoms with Crippen LogP contribution in [0.4, 0.5) is 18.9 Å². The van der Waals surface area contributed by atoms with Gasteiger partial charge in [0.15, 0.2) is 17.0 Å². The molecule has 1 N–H and O–H groups in total. The van der Waals surface area contributed by atoms with Crippen LogP contribution in [0, 0.1) is 0 Å². The zero-order valence-electron chi connectivity index (χ0n) is 17.7. The maximum Gasteiger partial charge on any atom is 0.434 e. The van der Waals surface area contributed by atoms with Gasteiger partial charge in [0.05, 0.1) is 23.0 Å². The summed E-state index contributed by atoms with van der Waals surface area (Å²) in [5.41, 5.74) is 0.515. The average Bonchev–Trinajstić information content (AvgIpc) is 3.34. The highest BCUT2D eigenvalue weighted by Gasteiger charge is 2.39. The van der Waals surface area contributed by atoms with E-state index in [1.807, 2.05) is 0 Å². The number of carbonyl (C=O) groups is 2. The van der Waals surface area contributed by atoms with Crippen molar-refractivity contribution in [2.24, 2.45) is 7.05 Å². The lowest BCUT2D eigenvalue weighted by atomic mass is 10.1. The SMILES string of the molecule is CCOC(=O)c1cnn2c(-c3cccc(NC(=O)c4nn(C)c(C(F)(F)F)c4Br)c3)ccnc12. The normalized spacial score (nSPS) is 11.6. The van der Waals surface area contributed by atoms with E-state index in [2.05, 4.69) is 36.4 Å². The topological polar surface area (TPSA) is 103 Å². The number of anilines is 1. The lowest BCUT2D eigenvalue weighted by molar-refractivity contribution is -0.144. The van der Waals surface area contributed by atoms with Crippen LogP contribution in [0.1, 0.15) is 33.5 Å². The Kier molecular flexibility index (Phi) is 6.13. The molecule has 0 aliphatic rings. The molecule has 4 aromatic rings. The maximum absolute atomic E-state index is 13.2. The van der Waals surface area contributed by atoms with Crippen molar-refractivity contribution in [3.8, 4) is 11.3 Å². The Bertz CT molecular complexity index is 1410. The van der Waals surface area contributed by atoms with Crippen LogP contribution in [-0.4, -0.2) is 42.9 Å². The minimum absolute atomic E-state index is 0.202. The standard InChI is InChI=1S/C21H16BrF3N6O3/c1-3-34-20(33)13-10-27-31-14(7-8-26-18(13)31)11-5-4-6-12(9-11)28-19(32)16-15(22)17(21(23,24)25)30(2)29-16/h4-10H,3H2,1-2H3,(H,28,32). The smallest absolute Gasteiger partial charge is 0.434 e. The van der Waals surface area contributed by atoms with Gasteiger partial charge in [-0.2, -0.15) is 23.4 Å². The van der Waals surface area contributed by atoms with Crippen LogP contribution < -0.4 is 5.32 Å². The Labute approximate surface area is 198 Å². The summed E-state index contributed by atoms with van der Waals surface area (Å²) in [4.78, 5) is 29.0. The number of nitrogens with zero attached hydrogens (tertiary/aromatic N) is 5. The van der Waals surface area contributed by atoms with E-state index in [0.29, 0.717) is 27.3 Å². The second kappa shape index (κ2) is 8.89. The van der Waals surface area contributed by atoms with E-state index in [0.717, 1.165) is 7.05 Å². The van der Waals surface area contributed by atoms with Gasteiger partial charge in [0.25, 0.3) is 5.91 Å². The minimum Gasteiger partial charge on any atom is -0.462 e. The molecule has 3 aromatic heterocycles. The first-order valence-electron chi connectivity index (χ1n) is 9.83. The Morgan fingerprint density at radius 3 is 2.68 bits per heavy atom. The third-order valence-corrected chi connectivity index (χ3v) is 5.54. The zero-order valence-corrected chi connectivity index (χ0v) is 19.3. The zero-order chi connectivity index (χ0) is 24.6. The number of halogens is 4.